The van der Waals surface area contributed by atoms with Gasteiger partial charge in [-0.15, -0.1) is 0 Å². The molecule has 0 N–H and O–H groups in total. The van der Waals surface area contributed by atoms with Crippen LogP contribution >= 0.6 is 0 Å². The van der Waals surface area contributed by atoms with Gasteiger partial charge in [-0.1, -0.05) is 43.0 Å². The Bertz CT molecular complexity index is 189. The van der Waals surface area contributed by atoms with E-state index in [0.717, 1.165) is 5.56 Å². The van der Waals surface area contributed by atoms with E-state index in [2.05, 4.69) is 0 Å². The van der Waals surface area contributed by atoms with Gasteiger partial charge in [-0.2, -0.15) is 0 Å². The zero-order valence-electron chi connectivity index (χ0n) is 5.54. The van der Waals surface area contributed by atoms with Crippen LogP contribution in [0.2, 0.25) is 0 Å². The van der Waals surface area contributed by atoms with E-state index in [0.29, 0.717) is 0 Å². The number of rotatable bonds is 1. The highest BCUT2D eigenvalue weighted by Crippen LogP contribution is 1.97. The fourth-order valence-corrected chi connectivity index (χ4v) is 0.564. The predicted molar refractivity (Wildman–Crippen MR) is 36.5 cm³/mol. The lowest BCUT2D eigenvalue weighted by Gasteiger charge is -1.85. The molecule has 0 amide bonds. The first-order valence-corrected chi connectivity index (χ1v) is 2.53. The van der Waals surface area contributed by atoms with Crippen LogP contribution in [-0.4, -0.2) is 0 Å². The van der Waals surface area contributed by atoms with E-state index in [1.54, 1.807) is 6.08 Å². The fraction of sp³-hybridized carbons (Fsp3) is 0. The van der Waals surface area contributed by atoms with E-state index in [4.69, 9.17) is 1.37 Å². The van der Waals surface area contributed by atoms with Crippen LogP contribution < -0.4 is 0 Å². The van der Waals surface area contributed by atoms with E-state index in [1.165, 1.54) is 6.55 Å². The van der Waals surface area contributed by atoms with Gasteiger partial charge in [-0.3, -0.25) is 0 Å². The highest BCUT2D eigenvalue weighted by molar-refractivity contribution is 5.45. The minimum atomic E-state index is 1.08. The molecule has 0 heteroatoms. The molecule has 0 saturated heterocycles. The topological polar surface area (TPSA) is 0 Å². The maximum Gasteiger partial charge on any atom is 0.0538 e. The summed E-state index contributed by atoms with van der Waals surface area (Å²) in [7, 11) is 0. The molecule has 1 rings (SSSR count). The molecule has 1 aromatic rings. The molecule has 0 atom stereocenters. The molecule has 0 aromatic heterocycles. The highest BCUT2D eigenvalue weighted by atomic mass is 13.8. The first-order chi connectivity index (χ1) is 4.43. The molecule has 0 unspecified atom stereocenters. The van der Waals surface area contributed by atoms with Crippen molar-refractivity contribution in [1.82, 2.24) is 0 Å². The third-order valence-electron chi connectivity index (χ3n) is 0.992. The van der Waals surface area contributed by atoms with Crippen LogP contribution in [0.25, 0.3) is 6.08 Å². The van der Waals surface area contributed by atoms with Gasteiger partial charge in [-0.25, -0.2) is 0 Å². The number of hydrogen-bond acceptors (Lipinski definition) is 0. The van der Waals surface area contributed by atoms with Crippen LogP contribution in [0.4, 0.5) is 0 Å². The van der Waals surface area contributed by atoms with E-state index in [9.17, 15) is 0 Å². The van der Waals surface area contributed by atoms with Crippen LogP contribution in [0.5, 0.6) is 0 Å². The summed E-state index contributed by atoms with van der Waals surface area (Å²) in [5.41, 5.74) is 1.08. The molecule has 0 nitrogen and oxygen atoms in total. The Hall–Kier alpha value is -1.04. The van der Waals surface area contributed by atoms with Crippen LogP contribution in [0.3, 0.4) is 0 Å². The lowest BCUT2D eigenvalue weighted by Crippen LogP contribution is -1.63. The quantitative estimate of drug-likeness (QED) is 0.514. The number of hydrogen-bond donors (Lipinski definition) is 0. The molecule has 8 heavy (non-hydrogen) atoms. The zero-order valence-corrected chi connectivity index (χ0v) is 4.54. The molecule has 0 aliphatic rings. The SMILES string of the molecule is [2H]C=Cc1ccccc1. The molecule has 0 aliphatic carbocycles. The summed E-state index contributed by atoms with van der Waals surface area (Å²) in [5.74, 6) is 0. The van der Waals surface area contributed by atoms with Crippen molar-refractivity contribution in [2.75, 3.05) is 0 Å². The summed E-state index contributed by atoms with van der Waals surface area (Å²) >= 11 is 0. The minimum absolute atomic E-state index is 1.08. The van der Waals surface area contributed by atoms with Crippen molar-refractivity contribution in [2.45, 2.75) is 0 Å². The third kappa shape index (κ3) is 0.969. The second kappa shape index (κ2) is 2.31. The molecular formula is C8H8. The highest BCUT2D eigenvalue weighted by Gasteiger charge is 1.75. The molecule has 0 radical (unpaired) electrons. The third-order valence-corrected chi connectivity index (χ3v) is 0.992. The van der Waals surface area contributed by atoms with Crippen LogP contribution in [0.15, 0.2) is 36.9 Å². The summed E-state index contributed by atoms with van der Waals surface area (Å²) < 4.78 is 6.76. The molecule has 40 valence electrons. The first-order valence-electron chi connectivity index (χ1n) is 3.11. The van der Waals surface area contributed by atoms with Gasteiger partial charge in [0.25, 0.3) is 0 Å². The Balaban J connectivity index is 2.85. The average molecular weight is 105 g/mol. The van der Waals surface area contributed by atoms with Crippen molar-refractivity contribution < 1.29 is 1.37 Å². The molecule has 0 spiro atoms. The van der Waals surface area contributed by atoms with Crippen molar-refractivity contribution in [3.05, 3.63) is 42.5 Å². The van der Waals surface area contributed by atoms with Gasteiger partial charge in [-0.05, 0) is 5.56 Å². The lowest BCUT2D eigenvalue weighted by molar-refractivity contribution is 1.67. The molecule has 0 heterocycles. The maximum atomic E-state index is 6.76. The van der Waals surface area contributed by atoms with Crippen molar-refractivity contribution in [3.63, 3.8) is 0 Å². The van der Waals surface area contributed by atoms with Crippen LogP contribution in [-0.2, 0) is 0 Å². The van der Waals surface area contributed by atoms with E-state index in [1.807, 2.05) is 30.3 Å². The summed E-state index contributed by atoms with van der Waals surface area (Å²) in [4.78, 5) is 0. The average Bonchev–Trinajstić information content (AvgIpc) is 1.91. The summed E-state index contributed by atoms with van der Waals surface area (Å²) in [5, 5.41) is 0. The Morgan fingerprint density at radius 1 is 1.38 bits per heavy atom. The van der Waals surface area contributed by atoms with Crippen molar-refractivity contribution in [3.8, 4) is 0 Å². The van der Waals surface area contributed by atoms with Gasteiger partial charge in [0.05, 0.1) is 1.37 Å². The molecule has 0 aliphatic heterocycles. The Morgan fingerprint density at radius 2 is 2.12 bits per heavy atom. The molecule has 0 bridgehead atoms. The standard InChI is InChI=1S/C8H8/c1-2-8-6-4-3-5-7-8/h2-7H,1H2/i1D. The largest absolute Gasteiger partial charge is 0.0985 e. The normalized spacial score (nSPS) is 11.8. The first kappa shape index (κ1) is 3.90. The fourth-order valence-electron chi connectivity index (χ4n) is 0.564. The maximum absolute atomic E-state index is 6.76. The predicted octanol–water partition coefficient (Wildman–Crippen LogP) is 2.33. The van der Waals surface area contributed by atoms with Gasteiger partial charge in [0.15, 0.2) is 0 Å². The number of benzene rings is 1. The van der Waals surface area contributed by atoms with Crippen LogP contribution in [0, 0.1) is 0 Å². The molecular weight excluding hydrogens is 96.1 g/mol. The van der Waals surface area contributed by atoms with Gasteiger partial charge >= 0.3 is 0 Å². The van der Waals surface area contributed by atoms with Gasteiger partial charge in [0.2, 0.25) is 0 Å². The van der Waals surface area contributed by atoms with E-state index in [-0.39, 0.29) is 0 Å². The van der Waals surface area contributed by atoms with E-state index < -0.39 is 0 Å². The lowest BCUT2D eigenvalue weighted by atomic mass is 10.2. The molecule has 0 fully saturated rings. The van der Waals surface area contributed by atoms with Gasteiger partial charge in [0, 0.05) is 0 Å². The Kier molecular flexibility index (Phi) is 1.13. The smallest absolute Gasteiger partial charge is 0.0538 e. The second-order valence-corrected chi connectivity index (χ2v) is 1.58. The Morgan fingerprint density at radius 3 is 2.75 bits per heavy atom. The monoisotopic (exact) mass is 105 g/mol. The molecule has 1 aromatic carbocycles. The van der Waals surface area contributed by atoms with Crippen LogP contribution in [0.1, 0.15) is 6.93 Å². The summed E-state index contributed by atoms with van der Waals surface area (Å²) in [6, 6.07) is 9.79. The minimum Gasteiger partial charge on any atom is -0.0985 e. The molecule has 0 saturated carbocycles. The van der Waals surface area contributed by atoms with Crippen molar-refractivity contribution in [1.29, 1.82) is 0 Å². The van der Waals surface area contributed by atoms with E-state index >= 15 is 0 Å². The van der Waals surface area contributed by atoms with Crippen molar-refractivity contribution >= 4 is 6.08 Å². The zero-order chi connectivity index (χ0) is 6.53. The second-order valence-electron chi connectivity index (χ2n) is 1.58. The van der Waals surface area contributed by atoms with Gasteiger partial charge in [0.1, 0.15) is 0 Å². The van der Waals surface area contributed by atoms with Gasteiger partial charge < -0.3 is 0 Å². The summed E-state index contributed by atoms with van der Waals surface area (Å²) in [6.07, 6.45) is 1.75. The van der Waals surface area contributed by atoms with Crippen molar-refractivity contribution in [2.24, 2.45) is 0 Å². The Labute approximate surface area is 50.9 Å². The summed E-state index contributed by atoms with van der Waals surface area (Å²) in [6.45, 7) is 1.29.